The van der Waals surface area contributed by atoms with Crippen LogP contribution in [0.15, 0.2) is 30.5 Å². The molecule has 0 unspecified atom stereocenters. The van der Waals surface area contributed by atoms with Crippen LogP contribution >= 0.6 is 0 Å². The van der Waals surface area contributed by atoms with Crippen molar-refractivity contribution in [1.82, 2.24) is 19.7 Å². The smallest absolute Gasteiger partial charge is 0.170 e. The summed E-state index contributed by atoms with van der Waals surface area (Å²) >= 11 is 0. The first-order valence-corrected chi connectivity index (χ1v) is 8.35. The highest BCUT2D eigenvalue weighted by molar-refractivity contribution is 5.61. The second kappa shape index (κ2) is 6.19. The first kappa shape index (κ1) is 16.4. The molecule has 0 amide bonds. The average Bonchev–Trinajstić information content (AvgIpc) is 2.88. The van der Waals surface area contributed by atoms with Crippen LogP contribution in [-0.4, -0.2) is 19.7 Å². The van der Waals surface area contributed by atoms with Gasteiger partial charge in [-0.1, -0.05) is 31.5 Å². The van der Waals surface area contributed by atoms with Crippen molar-refractivity contribution >= 4 is 0 Å². The molecule has 3 aromatic rings. The molecule has 0 fully saturated rings. The molecule has 3 rings (SSSR count). The molecule has 0 aliphatic rings. The summed E-state index contributed by atoms with van der Waals surface area (Å²) in [5.74, 6) is 2.14. The van der Waals surface area contributed by atoms with E-state index in [0.717, 1.165) is 28.6 Å². The second-order valence-electron chi connectivity index (χ2n) is 6.78. The molecular weight excluding hydrogens is 296 g/mol. The van der Waals surface area contributed by atoms with Gasteiger partial charge in [0.25, 0.3) is 0 Å². The van der Waals surface area contributed by atoms with Crippen LogP contribution in [0.25, 0.3) is 17.1 Å². The highest BCUT2D eigenvalue weighted by atomic mass is 15.3. The van der Waals surface area contributed by atoms with Crippen molar-refractivity contribution in [3.8, 4) is 17.1 Å². The molecule has 124 valence electrons. The van der Waals surface area contributed by atoms with Crippen LogP contribution in [-0.2, 0) is 0 Å². The molecule has 0 atom stereocenters. The second-order valence-corrected chi connectivity index (χ2v) is 6.78. The Hall–Kier alpha value is -2.49. The maximum atomic E-state index is 4.58. The third kappa shape index (κ3) is 2.84. The van der Waals surface area contributed by atoms with Gasteiger partial charge >= 0.3 is 0 Å². The molecule has 0 radical (unpaired) electrons. The number of benzene rings is 1. The van der Waals surface area contributed by atoms with Crippen molar-refractivity contribution in [2.24, 2.45) is 0 Å². The molecule has 0 saturated carbocycles. The number of nitrogens with zero attached hydrogens (tertiary/aromatic N) is 4. The number of rotatable bonds is 3. The van der Waals surface area contributed by atoms with Gasteiger partial charge in [0, 0.05) is 17.5 Å². The third-order valence-electron chi connectivity index (χ3n) is 4.32. The van der Waals surface area contributed by atoms with Crippen molar-refractivity contribution < 1.29 is 0 Å². The molecule has 1 aromatic carbocycles. The van der Waals surface area contributed by atoms with E-state index in [1.54, 1.807) is 0 Å². The Kier molecular flexibility index (Phi) is 4.22. The summed E-state index contributed by atoms with van der Waals surface area (Å²) in [5.41, 5.74) is 6.95. The monoisotopic (exact) mass is 320 g/mol. The van der Waals surface area contributed by atoms with Crippen LogP contribution in [0.5, 0.6) is 0 Å². The molecule has 0 aliphatic carbocycles. The van der Waals surface area contributed by atoms with Gasteiger partial charge in [0.2, 0.25) is 0 Å². The highest BCUT2D eigenvalue weighted by Crippen LogP contribution is 2.28. The number of hydrogen-bond donors (Lipinski definition) is 0. The third-order valence-corrected chi connectivity index (χ3v) is 4.32. The van der Waals surface area contributed by atoms with E-state index in [1.807, 2.05) is 13.1 Å². The molecule has 0 aliphatic heterocycles. The zero-order valence-corrected chi connectivity index (χ0v) is 15.3. The lowest BCUT2D eigenvalue weighted by Crippen LogP contribution is -2.05. The van der Waals surface area contributed by atoms with Crippen molar-refractivity contribution in [2.45, 2.75) is 47.5 Å². The van der Waals surface area contributed by atoms with Crippen LogP contribution in [0.4, 0.5) is 0 Å². The largest absolute Gasteiger partial charge is 0.279 e. The fourth-order valence-corrected chi connectivity index (χ4v) is 3.22. The van der Waals surface area contributed by atoms with Gasteiger partial charge in [-0.2, -0.15) is 0 Å². The van der Waals surface area contributed by atoms with Crippen LogP contribution in [0, 0.1) is 27.7 Å². The molecular formula is C20H24N4. The molecule has 2 heterocycles. The Balaban J connectivity index is 2.17. The van der Waals surface area contributed by atoms with Crippen molar-refractivity contribution in [3.63, 3.8) is 0 Å². The summed E-state index contributed by atoms with van der Waals surface area (Å²) in [6, 6.07) is 8.56. The lowest BCUT2D eigenvalue weighted by molar-refractivity contribution is 0.822. The zero-order chi connectivity index (χ0) is 17.4. The van der Waals surface area contributed by atoms with Gasteiger partial charge in [0.15, 0.2) is 5.82 Å². The minimum atomic E-state index is 0.417. The number of pyridine rings is 1. The lowest BCUT2D eigenvalue weighted by atomic mass is 10.0. The number of aryl methyl sites for hydroxylation is 4. The van der Waals surface area contributed by atoms with E-state index in [9.17, 15) is 0 Å². The van der Waals surface area contributed by atoms with Gasteiger partial charge in [-0.05, 0) is 56.9 Å². The van der Waals surface area contributed by atoms with E-state index in [1.165, 1.54) is 16.7 Å². The Morgan fingerprint density at radius 2 is 1.58 bits per heavy atom. The van der Waals surface area contributed by atoms with E-state index >= 15 is 0 Å². The summed E-state index contributed by atoms with van der Waals surface area (Å²) in [4.78, 5) is 4.58. The Labute approximate surface area is 143 Å². The fourth-order valence-electron chi connectivity index (χ4n) is 3.22. The van der Waals surface area contributed by atoms with Crippen LogP contribution in [0.1, 0.15) is 48.0 Å². The van der Waals surface area contributed by atoms with Crippen molar-refractivity contribution in [3.05, 3.63) is 58.7 Å². The van der Waals surface area contributed by atoms with Gasteiger partial charge in [0.05, 0.1) is 5.69 Å². The van der Waals surface area contributed by atoms with Gasteiger partial charge in [-0.3, -0.25) is 9.55 Å². The minimum absolute atomic E-state index is 0.417. The Bertz CT molecular complexity index is 850. The standard InChI is InChI=1S/C20H24N4/c1-12(2)18-8-7-17(11-21-18)20-23-22-16(6)24(20)19-14(4)9-13(3)10-15(19)5/h7-12H,1-6H3. The summed E-state index contributed by atoms with van der Waals surface area (Å²) in [6.45, 7) is 12.7. The van der Waals surface area contributed by atoms with Gasteiger partial charge < -0.3 is 0 Å². The SMILES string of the molecule is Cc1cc(C)c(-n2c(C)nnc2-c2ccc(C(C)C)nc2)c(C)c1. The van der Waals surface area contributed by atoms with Crippen LogP contribution < -0.4 is 0 Å². The zero-order valence-electron chi connectivity index (χ0n) is 15.3. The number of aromatic nitrogens is 4. The first-order valence-electron chi connectivity index (χ1n) is 8.35. The van der Waals surface area contributed by atoms with E-state index in [0.29, 0.717) is 5.92 Å². The lowest BCUT2D eigenvalue weighted by Gasteiger charge is -2.16. The summed E-state index contributed by atoms with van der Waals surface area (Å²) < 4.78 is 2.14. The average molecular weight is 320 g/mol. The molecule has 0 spiro atoms. The molecule has 2 aromatic heterocycles. The molecule has 24 heavy (non-hydrogen) atoms. The van der Waals surface area contributed by atoms with Crippen LogP contribution in [0.3, 0.4) is 0 Å². The predicted molar refractivity (Wildman–Crippen MR) is 97.6 cm³/mol. The van der Waals surface area contributed by atoms with Gasteiger partial charge in [0.1, 0.15) is 5.82 Å². The quantitative estimate of drug-likeness (QED) is 0.703. The topological polar surface area (TPSA) is 43.6 Å². The predicted octanol–water partition coefficient (Wildman–Crippen LogP) is 4.69. The molecule has 0 bridgehead atoms. The van der Waals surface area contributed by atoms with Gasteiger partial charge in [-0.25, -0.2) is 0 Å². The van der Waals surface area contributed by atoms with Crippen molar-refractivity contribution in [1.29, 1.82) is 0 Å². The Morgan fingerprint density at radius 1 is 0.917 bits per heavy atom. The number of hydrogen-bond acceptors (Lipinski definition) is 3. The summed E-state index contributed by atoms with van der Waals surface area (Å²) in [5, 5.41) is 8.73. The highest BCUT2D eigenvalue weighted by Gasteiger charge is 2.17. The molecule has 0 saturated heterocycles. The minimum Gasteiger partial charge on any atom is -0.279 e. The normalized spacial score (nSPS) is 11.3. The van der Waals surface area contributed by atoms with E-state index < -0.39 is 0 Å². The van der Waals surface area contributed by atoms with E-state index in [2.05, 4.69) is 78.6 Å². The van der Waals surface area contributed by atoms with E-state index in [4.69, 9.17) is 0 Å². The Morgan fingerprint density at radius 3 is 2.12 bits per heavy atom. The van der Waals surface area contributed by atoms with E-state index in [-0.39, 0.29) is 0 Å². The summed E-state index contributed by atoms with van der Waals surface area (Å²) in [7, 11) is 0. The van der Waals surface area contributed by atoms with Crippen LogP contribution in [0.2, 0.25) is 0 Å². The van der Waals surface area contributed by atoms with Gasteiger partial charge in [-0.15, -0.1) is 10.2 Å². The molecule has 4 heteroatoms. The first-order chi connectivity index (χ1) is 11.4. The maximum Gasteiger partial charge on any atom is 0.170 e. The van der Waals surface area contributed by atoms with Crippen molar-refractivity contribution in [2.75, 3.05) is 0 Å². The fraction of sp³-hybridized carbons (Fsp3) is 0.350. The molecule has 0 N–H and O–H groups in total. The molecule has 4 nitrogen and oxygen atoms in total. The summed E-state index contributed by atoms with van der Waals surface area (Å²) in [6.07, 6.45) is 1.90. The maximum absolute atomic E-state index is 4.58.